The minimum absolute atomic E-state index is 0.0413. The average molecular weight is 445 g/mol. The van der Waals surface area contributed by atoms with Gasteiger partial charge in [-0.15, -0.1) is 0 Å². The molecular weight excluding hydrogens is 416 g/mol. The smallest absolute Gasteiger partial charge is 0.187 e. The molecule has 6 nitrogen and oxygen atoms in total. The Bertz CT molecular complexity index is 1210. The van der Waals surface area contributed by atoms with Crippen LogP contribution in [0.25, 0.3) is 0 Å². The van der Waals surface area contributed by atoms with E-state index in [4.69, 9.17) is 4.74 Å². The summed E-state index contributed by atoms with van der Waals surface area (Å²) >= 11 is 0. The van der Waals surface area contributed by atoms with Crippen LogP contribution in [0.4, 0.5) is 0 Å². The van der Waals surface area contributed by atoms with Crippen LogP contribution in [0.1, 0.15) is 40.2 Å². The van der Waals surface area contributed by atoms with Crippen molar-refractivity contribution in [2.45, 2.75) is 35.9 Å². The summed E-state index contributed by atoms with van der Waals surface area (Å²) in [5.74, 6) is 0.00222. The Morgan fingerprint density at radius 1 is 1.09 bits per heavy atom. The molecule has 0 unspecified atom stereocenters. The maximum Gasteiger partial charge on any atom is 0.187 e. The van der Waals surface area contributed by atoms with Crippen molar-refractivity contribution in [3.8, 4) is 5.75 Å². The summed E-state index contributed by atoms with van der Waals surface area (Å²) in [4.78, 5) is 33.4. The Labute approximate surface area is 193 Å². The van der Waals surface area contributed by atoms with E-state index in [1.165, 1.54) is 0 Å². The molecule has 0 aromatic heterocycles. The highest BCUT2D eigenvalue weighted by Crippen LogP contribution is 2.76. The van der Waals surface area contributed by atoms with E-state index < -0.39 is 22.5 Å². The van der Waals surface area contributed by atoms with Crippen LogP contribution in [0.15, 0.2) is 48.5 Å². The number of likely N-dealkylation sites (tertiary alicyclic amines) is 1. The fourth-order valence-corrected chi connectivity index (χ4v) is 8.73. The van der Waals surface area contributed by atoms with Crippen LogP contribution in [0.2, 0.25) is 0 Å². The second-order valence-electron chi connectivity index (χ2n) is 10.6. The van der Waals surface area contributed by atoms with E-state index in [2.05, 4.69) is 21.9 Å². The second-order valence-corrected chi connectivity index (χ2v) is 10.6. The number of methoxy groups -OCH3 is 1. The molecule has 6 heteroatoms. The highest BCUT2D eigenvalue weighted by atomic mass is 16.5. The van der Waals surface area contributed by atoms with Gasteiger partial charge in [0.15, 0.2) is 11.6 Å². The Hall–Kier alpha value is -2.54. The van der Waals surface area contributed by atoms with E-state index in [0.29, 0.717) is 24.2 Å². The number of carbonyl (C=O) groups is 2. The van der Waals surface area contributed by atoms with Crippen LogP contribution in [-0.2, 0) is 10.4 Å². The number of hydrogen-bond donors (Lipinski definition) is 1. The van der Waals surface area contributed by atoms with E-state index >= 15 is 0 Å². The first-order valence-electron chi connectivity index (χ1n) is 11.9. The van der Waals surface area contributed by atoms with Gasteiger partial charge in [0.05, 0.1) is 18.4 Å². The van der Waals surface area contributed by atoms with Crippen molar-refractivity contribution in [2.75, 3.05) is 33.8 Å². The number of ketones is 2. The van der Waals surface area contributed by atoms with Gasteiger partial charge < -0.3 is 14.7 Å². The van der Waals surface area contributed by atoms with E-state index in [9.17, 15) is 14.7 Å². The molecule has 170 valence electrons. The summed E-state index contributed by atoms with van der Waals surface area (Å²) in [6.07, 6.45) is 1.88. The Balaban J connectivity index is 1.57. The minimum Gasteiger partial charge on any atom is -0.497 e. The van der Waals surface area contributed by atoms with E-state index in [1.54, 1.807) is 7.11 Å². The molecule has 0 amide bonds. The summed E-state index contributed by atoms with van der Waals surface area (Å²) in [5.41, 5.74) is -1.46. The largest absolute Gasteiger partial charge is 0.497 e. The van der Waals surface area contributed by atoms with Crippen LogP contribution in [0.5, 0.6) is 5.75 Å². The van der Waals surface area contributed by atoms with Gasteiger partial charge in [0, 0.05) is 30.6 Å². The number of Topliss-reactive ketones (excluding diaryl/α,β-unsaturated/α-hetero) is 2. The molecule has 2 aliphatic carbocycles. The fourth-order valence-electron chi connectivity index (χ4n) is 8.73. The summed E-state index contributed by atoms with van der Waals surface area (Å²) in [7, 11) is 3.66. The number of aliphatic hydroxyl groups is 1. The van der Waals surface area contributed by atoms with Gasteiger partial charge in [0.25, 0.3) is 0 Å². The molecule has 1 N–H and O–H groups in total. The third-order valence-corrected chi connectivity index (χ3v) is 9.50. The predicted molar refractivity (Wildman–Crippen MR) is 121 cm³/mol. The normalized spacial score (nSPS) is 41.1. The SMILES string of the molecule is COc1ccc([C@H]2[C@@H]3CCCN3[C@]34C(=O)c5ccccc5[C@@]3(O)[C@H]3CN(C)C[C@@]24C3=O)cc1. The fraction of sp³-hybridized carbons (Fsp3) is 0.481. The van der Waals surface area contributed by atoms with Crippen LogP contribution in [0.3, 0.4) is 0 Å². The number of nitrogens with zero attached hydrogens (tertiary/aromatic N) is 2. The lowest BCUT2D eigenvalue weighted by molar-refractivity contribution is -0.137. The molecule has 5 aliphatic rings. The maximum atomic E-state index is 14.5. The maximum absolute atomic E-state index is 14.5. The highest BCUT2D eigenvalue weighted by Gasteiger charge is 2.91. The van der Waals surface area contributed by atoms with Crippen molar-refractivity contribution in [3.05, 3.63) is 65.2 Å². The molecule has 2 aromatic rings. The summed E-state index contributed by atoms with van der Waals surface area (Å²) in [6, 6.07) is 15.5. The quantitative estimate of drug-likeness (QED) is 0.766. The Morgan fingerprint density at radius 3 is 2.61 bits per heavy atom. The minimum atomic E-state index is -1.51. The Kier molecular flexibility index (Phi) is 3.69. The van der Waals surface area contributed by atoms with Crippen molar-refractivity contribution < 1.29 is 19.4 Å². The molecule has 3 aliphatic heterocycles. The van der Waals surface area contributed by atoms with Crippen molar-refractivity contribution in [1.82, 2.24) is 9.80 Å². The van der Waals surface area contributed by atoms with Gasteiger partial charge >= 0.3 is 0 Å². The number of ether oxygens (including phenoxy) is 1. The monoisotopic (exact) mass is 444 g/mol. The third kappa shape index (κ3) is 1.85. The molecule has 7 rings (SSSR count). The summed E-state index contributed by atoms with van der Waals surface area (Å²) in [6.45, 7) is 1.67. The van der Waals surface area contributed by atoms with Crippen molar-refractivity contribution in [2.24, 2.45) is 11.3 Å². The molecule has 2 aromatic carbocycles. The molecule has 4 fully saturated rings. The van der Waals surface area contributed by atoms with E-state index in [0.717, 1.165) is 30.7 Å². The van der Waals surface area contributed by atoms with Gasteiger partial charge in [-0.3, -0.25) is 14.5 Å². The number of fused-ring (bicyclic) bond motifs is 5. The van der Waals surface area contributed by atoms with E-state index in [-0.39, 0.29) is 23.5 Å². The summed E-state index contributed by atoms with van der Waals surface area (Å²) in [5, 5.41) is 12.7. The number of hydrogen-bond acceptors (Lipinski definition) is 6. The predicted octanol–water partition coefficient (Wildman–Crippen LogP) is 2.21. The second kappa shape index (κ2) is 6.12. The molecule has 2 spiro atoms. The molecular formula is C27H28N2O4. The average Bonchev–Trinajstić information content (AvgIpc) is 3.46. The van der Waals surface area contributed by atoms with Gasteiger partial charge in [-0.1, -0.05) is 36.4 Å². The first kappa shape index (κ1) is 19.9. The highest BCUT2D eigenvalue weighted by molar-refractivity contribution is 6.18. The Morgan fingerprint density at radius 2 is 1.85 bits per heavy atom. The first-order valence-corrected chi connectivity index (χ1v) is 11.9. The molecule has 3 saturated heterocycles. The zero-order chi connectivity index (χ0) is 22.8. The molecule has 6 atom stereocenters. The number of piperidine rings is 1. The zero-order valence-corrected chi connectivity index (χ0v) is 19.0. The number of benzene rings is 2. The lowest BCUT2D eigenvalue weighted by Crippen LogP contribution is -2.66. The lowest BCUT2D eigenvalue weighted by Gasteiger charge is -2.47. The van der Waals surface area contributed by atoms with Crippen molar-refractivity contribution >= 4 is 11.6 Å². The van der Waals surface area contributed by atoms with Crippen molar-refractivity contribution in [1.29, 1.82) is 0 Å². The molecule has 2 bridgehead atoms. The molecule has 33 heavy (non-hydrogen) atoms. The topological polar surface area (TPSA) is 70.1 Å². The number of carbonyl (C=O) groups excluding carboxylic acids is 2. The lowest BCUT2D eigenvalue weighted by atomic mass is 9.59. The molecule has 0 radical (unpaired) electrons. The van der Waals surface area contributed by atoms with Crippen LogP contribution in [0, 0.1) is 11.3 Å². The zero-order valence-electron chi connectivity index (χ0n) is 19.0. The molecule has 3 heterocycles. The van der Waals surface area contributed by atoms with Crippen LogP contribution >= 0.6 is 0 Å². The van der Waals surface area contributed by atoms with Gasteiger partial charge in [-0.25, -0.2) is 0 Å². The van der Waals surface area contributed by atoms with Gasteiger partial charge in [-0.2, -0.15) is 0 Å². The van der Waals surface area contributed by atoms with E-state index in [1.807, 2.05) is 43.4 Å². The van der Waals surface area contributed by atoms with Gasteiger partial charge in [0.2, 0.25) is 0 Å². The molecule has 1 saturated carbocycles. The number of rotatable bonds is 2. The van der Waals surface area contributed by atoms with Gasteiger partial charge in [-0.05, 0) is 49.7 Å². The third-order valence-electron chi connectivity index (χ3n) is 9.50. The van der Waals surface area contributed by atoms with Crippen LogP contribution in [-0.4, -0.2) is 71.8 Å². The van der Waals surface area contributed by atoms with Crippen LogP contribution < -0.4 is 4.74 Å². The standard InChI is InChI=1S/C27H28N2O4/c1-28-14-20-24(31)25(15-28)22(16-9-11-17(33-2)12-10-16)21-8-5-13-29(21)27(25)23(30)18-6-3-4-7-19(18)26(20,27)32/h3-4,6-7,9-12,20-22,32H,5,8,13-15H2,1-2H3/t20-,21-,22-,25-,26+,27-/m0/s1. The van der Waals surface area contributed by atoms with Gasteiger partial charge in [0.1, 0.15) is 16.9 Å². The van der Waals surface area contributed by atoms with Crippen molar-refractivity contribution in [3.63, 3.8) is 0 Å². The summed E-state index contributed by atoms with van der Waals surface area (Å²) < 4.78 is 5.39. The first-order chi connectivity index (χ1) is 15.9.